The van der Waals surface area contributed by atoms with Crippen LogP contribution in [0, 0.1) is 5.92 Å². The lowest BCUT2D eigenvalue weighted by atomic mass is 10.1. The first-order chi connectivity index (χ1) is 9.08. The van der Waals surface area contributed by atoms with Gasteiger partial charge in [0.2, 0.25) is 0 Å². The number of rotatable bonds is 9. The van der Waals surface area contributed by atoms with E-state index in [4.69, 9.17) is 0 Å². The summed E-state index contributed by atoms with van der Waals surface area (Å²) in [5.74, 6) is 0.776. The van der Waals surface area contributed by atoms with Crippen molar-refractivity contribution in [2.75, 3.05) is 0 Å². The van der Waals surface area contributed by atoms with Gasteiger partial charge in [-0.1, -0.05) is 30.7 Å². The van der Waals surface area contributed by atoms with E-state index in [0.717, 1.165) is 24.6 Å². The maximum atomic E-state index is 4.24. The molecule has 1 aromatic heterocycles. The molecule has 3 heteroatoms. The number of nitrogens with zero attached hydrogens (tertiary/aromatic N) is 3. The minimum Gasteiger partial charge on any atom is -0.252 e. The summed E-state index contributed by atoms with van der Waals surface area (Å²) in [4.78, 5) is 0. The highest BCUT2D eigenvalue weighted by Gasteiger charge is 2.01. The first-order valence-electron chi connectivity index (χ1n) is 7.60. The second-order valence-corrected chi connectivity index (χ2v) is 6.04. The van der Waals surface area contributed by atoms with Crippen molar-refractivity contribution in [2.45, 2.75) is 72.8 Å². The minimum atomic E-state index is 0.776. The fourth-order valence-corrected chi connectivity index (χ4v) is 2.07. The summed E-state index contributed by atoms with van der Waals surface area (Å²) in [5.41, 5.74) is 2.55. The molecule has 0 fully saturated rings. The Morgan fingerprint density at radius 3 is 2.74 bits per heavy atom. The topological polar surface area (TPSA) is 30.7 Å². The van der Waals surface area contributed by atoms with E-state index in [1.165, 1.54) is 37.7 Å². The van der Waals surface area contributed by atoms with Crippen LogP contribution < -0.4 is 0 Å². The molecular formula is C16H29N3. The average molecular weight is 263 g/mol. The standard InChI is InChI=1S/C16H29N3/c1-14(2)9-6-5-7-11-16-13-19(18-17-16)12-8-10-15(3)4/h9,13,15H,5-8,10-12H2,1-4H3. The van der Waals surface area contributed by atoms with E-state index >= 15 is 0 Å². The van der Waals surface area contributed by atoms with Crippen molar-refractivity contribution in [3.63, 3.8) is 0 Å². The maximum Gasteiger partial charge on any atom is 0.0827 e. The fourth-order valence-electron chi connectivity index (χ4n) is 2.07. The number of aryl methyl sites for hydroxylation is 2. The van der Waals surface area contributed by atoms with Crippen LogP contribution in [0.2, 0.25) is 0 Å². The van der Waals surface area contributed by atoms with Crippen LogP contribution in [0.5, 0.6) is 0 Å². The summed E-state index contributed by atoms with van der Waals surface area (Å²) in [6.07, 6.45) is 11.6. The van der Waals surface area contributed by atoms with Crippen molar-refractivity contribution >= 4 is 0 Å². The summed E-state index contributed by atoms with van der Waals surface area (Å²) in [6, 6.07) is 0. The van der Waals surface area contributed by atoms with E-state index in [2.05, 4.69) is 50.3 Å². The summed E-state index contributed by atoms with van der Waals surface area (Å²) in [5, 5.41) is 8.44. The normalized spacial score (nSPS) is 11.0. The number of unbranched alkanes of at least 4 members (excludes halogenated alkanes) is 2. The molecule has 0 saturated carbocycles. The first kappa shape index (κ1) is 15.9. The molecule has 0 radical (unpaired) electrons. The Balaban J connectivity index is 2.18. The molecule has 0 spiro atoms. The van der Waals surface area contributed by atoms with Crippen LogP contribution in [-0.4, -0.2) is 15.0 Å². The highest BCUT2D eigenvalue weighted by molar-refractivity contribution is 4.94. The van der Waals surface area contributed by atoms with Gasteiger partial charge in [0.05, 0.1) is 5.69 Å². The van der Waals surface area contributed by atoms with Gasteiger partial charge in [-0.25, -0.2) is 0 Å². The van der Waals surface area contributed by atoms with Crippen LogP contribution in [0.4, 0.5) is 0 Å². The molecule has 0 aromatic carbocycles. The SMILES string of the molecule is CC(C)=CCCCCc1cn(CCCC(C)C)nn1. The lowest BCUT2D eigenvalue weighted by molar-refractivity contribution is 0.482. The van der Waals surface area contributed by atoms with Gasteiger partial charge in [0.15, 0.2) is 0 Å². The van der Waals surface area contributed by atoms with Crippen molar-refractivity contribution in [1.82, 2.24) is 15.0 Å². The lowest BCUT2D eigenvalue weighted by Crippen LogP contribution is -2.00. The van der Waals surface area contributed by atoms with Crippen LogP contribution in [0.25, 0.3) is 0 Å². The second-order valence-electron chi connectivity index (χ2n) is 6.04. The zero-order valence-electron chi connectivity index (χ0n) is 13.0. The van der Waals surface area contributed by atoms with Crippen molar-refractivity contribution in [2.24, 2.45) is 5.92 Å². The van der Waals surface area contributed by atoms with Crippen molar-refractivity contribution in [3.05, 3.63) is 23.5 Å². The van der Waals surface area contributed by atoms with Crippen molar-refractivity contribution in [3.8, 4) is 0 Å². The summed E-state index contributed by atoms with van der Waals surface area (Å²) in [7, 11) is 0. The van der Waals surface area contributed by atoms with E-state index in [0.29, 0.717) is 0 Å². The smallest absolute Gasteiger partial charge is 0.0827 e. The molecule has 108 valence electrons. The molecule has 0 unspecified atom stereocenters. The molecule has 0 saturated heterocycles. The van der Waals surface area contributed by atoms with Gasteiger partial charge in [-0.3, -0.25) is 4.68 Å². The third-order valence-electron chi connectivity index (χ3n) is 3.19. The monoisotopic (exact) mass is 263 g/mol. The number of allylic oxidation sites excluding steroid dienone is 2. The Hall–Kier alpha value is -1.12. The van der Waals surface area contributed by atoms with Gasteiger partial charge in [0.1, 0.15) is 0 Å². The number of hydrogen-bond donors (Lipinski definition) is 0. The lowest BCUT2D eigenvalue weighted by Gasteiger charge is -2.03. The molecule has 0 bridgehead atoms. The van der Waals surface area contributed by atoms with E-state index in [1.807, 2.05) is 4.68 Å². The van der Waals surface area contributed by atoms with Crippen molar-refractivity contribution in [1.29, 1.82) is 0 Å². The van der Waals surface area contributed by atoms with Crippen LogP contribution in [0.1, 0.15) is 65.5 Å². The van der Waals surface area contributed by atoms with E-state index in [9.17, 15) is 0 Å². The van der Waals surface area contributed by atoms with Crippen molar-refractivity contribution < 1.29 is 0 Å². The van der Waals surface area contributed by atoms with Crippen LogP contribution in [0.15, 0.2) is 17.8 Å². The van der Waals surface area contributed by atoms with Gasteiger partial charge in [0.25, 0.3) is 0 Å². The predicted octanol–water partition coefficient (Wildman–Crippen LogP) is 4.39. The molecule has 3 nitrogen and oxygen atoms in total. The molecule has 0 aliphatic heterocycles. The Kier molecular flexibility index (Phi) is 7.46. The maximum absolute atomic E-state index is 4.24. The van der Waals surface area contributed by atoms with E-state index in [1.54, 1.807) is 0 Å². The Morgan fingerprint density at radius 2 is 2.05 bits per heavy atom. The van der Waals surface area contributed by atoms with Crippen LogP contribution >= 0.6 is 0 Å². The van der Waals surface area contributed by atoms with Gasteiger partial charge in [-0.15, -0.1) is 5.10 Å². The predicted molar refractivity (Wildman–Crippen MR) is 81.1 cm³/mol. The van der Waals surface area contributed by atoms with E-state index in [-0.39, 0.29) is 0 Å². The third-order valence-corrected chi connectivity index (χ3v) is 3.19. The van der Waals surface area contributed by atoms with Gasteiger partial charge in [-0.05, 0) is 58.3 Å². The molecule has 1 rings (SSSR count). The Labute approximate surface area is 118 Å². The fraction of sp³-hybridized carbons (Fsp3) is 0.750. The molecule has 1 heterocycles. The van der Waals surface area contributed by atoms with Crippen LogP contribution in [0.3, 0.4) is 0 Å². The molecule has 0 aliphatic rings. The molecular weight excluding hydrogens is 234 g/mol. The molecule has 19 heavy (non-hydrogen) atoms. The third kappa shape index (κ3) is 7.81. The quantitative estimate of drug-likeness (QED) is 0.488. The zero-order chi connectivity index (χ0) is 14.1. The van der Waals surface area contributed by atoms with Gasteiger partial charge < -0.3 is 0 Å². The molecule has 0 atom stereocenters. The molecule has 1 aromatic rings. The zero-order valence-corrected chi connectivity index (χ0v) is 13.0. The van der Waals surface area contributed by atoms with Gasteiger partial charge in [0, 0.05) is 12.7 Å². The molecule has 0 aliphatic carbocycles. The highest BCUT2D eigenvalue weighted by Crippen LogP contribution is 2.07. The van der Waals surface area contributed by atoms with E-state index < -0.39 is 0 Å². The Morgan fingerprint density at radius 1 is 1.26 bits per heavy atom. The summed E-state index contributed by atoms with van der Waals surface area (Å²) >= 11 is 0. The Bertz CT molecular complexity index is 373. The van der Waals surface area contributed by atoms with Gasteiger partial charge >= 0.3 is 0 Å². The molecule has 0 N–H and O–H groups in total. The number of hydrogen-bond acceptors (Lipinski definition) is 2. The first-order valence-corrected chi connectivity index (χ1v) is 7.60. The molecule has 0 amide bonds. The summed E-state index contributed by atoms with van der Waals surface area (Å²) in [6.45, 7) is 9.84. The largest absolute Gasteiger partial charge is 0.252 e. The van der Waals surface area contributed by atoms with Gasteiger partial charge in [-0.2, -0.15) is 0 Å². The average Bonchev–Trinajstić information content (AvgIpc) is 2.76. The van der Waals surface area contributed by atoms with Crippen LogP contribution in [-0.2, 0) is 13.0 Å². The summed E-state index contributed by atoms with van der Waals surface area (Å²) < 4.78 is 1.99. The number of aromatic nitrogens is 3. The minimum absolute atomic E-state index is 0.776. The highest BCUT2D eigenvalue weighted by atomic mass is 15.4. The second kappa shape index (κ2) is 8.89.